The standard InChI is InChI=1S/C18H15F3N2O5S/c19-18(20,21)14-4-2-1-3-13(14)16(24)22-11-5-7-12(8-6-11)29(26,27)23-15-9-10-28-17(15)25/h1-8,15,23H,9-10H2,(H,22,24)/t15-/m0/s1. The first kappa shape index (κ1) is 20.8. The normalized spacial score (nSPS) is 17.1. The maximum absolute atomic E-state index is 13.0. The smallest absolute Gasteiger partial charge is 0.417 e. The predicted molar refractivity (Wildman–Crippen MR) is 95.5 cm³/mol. The third kappa shape index (κ3) is 4.74. The molecule has 0 bridgehead atoms. The fraction of sp³-hybridized carbons (Fsp3) is 0.222. The molecule has 0 spiro atoms. The molecule has 2 N–H and O–H groups in total. The number of cyclic esters (lactones) is 1. The van der Waals surface area contributed by atoms with Gasteiger partial charge in [-0.05, 0) is 36.4 Å². The van der Waals surface area contributed by atoms with Gasteiger partial charge in [0.15, 0.2) is 0 Å². The summed E-state index contributed by atoms with van der Waals surface area (Å²) in [6, 6.07) is 8.13. The summed E-state index contributed by atoms with van der Waals surface area (Å²) in [7, 11) is -4.01. The van der Waals surface area contributed by atoms with Crippen LogP contribution in [0.25, 0.3) is 0 Å². The summed E-state index contributed by atoms with van der Waals surface area (Å²) in [6.07, 6.45) is -4.48. The van der Waals surface area contributed by atoms with Crippen molar-refractivity contribution >= 4 is 27.6 Å². The van der Waals surface area contributed by atoms with E-state index in [4.69, 9.17) is 4.74 Å². The predicted octanol–water partition coefficient (Wildman–Crippen LogP) is 2.55. The second-order valence-corrected chi connectivity index (χ2v) is 7.87. The molecule has 1 aliphatic heterocycles. The Balaban J connectivity index is 1.74. The molecule has 11 heteroatoms. The molecule has 0 unspecified atom stereocenters. The summed E-state index contributed by atoms with van der Waals surface area (Å²) >= 11 is 0. The number of alkyl halides is 3. The number of anilines is 1. The lowest BCUT2D eigenvalue weighted by Gasteiger charge is -2.13. The number of hydrogen-bond acceptors (Lipinski definition) is 5. The lowest BCUT2D eigenvalue weighted by molar-refractivity contribution is -0.139. The molecule has 29 heavy (non-hydrogen) atoms. The SMILES string of the molecule is O=C(Nc1ccc(S(=O)(=O)N[C@H]2CCOC2=O)cc1)c1ccccc1C(F)(F)F. The van der Waals surface area contributed by atoms with Gasteiger partial charge in [0.25, 0.3) is 5.91 Å². The minimum Gasteiger partial charge on any atom is -0.464 e. The maximum atomic E-state index is 13.0. The number of carbonyl (C=O) groups is 2. The first-order chi connectivity index (χ1) is 13.6. The average Bonchev–Trinajstić information content (AvgIpc) is 3.05. The lowest BCUT2D eigenvalue weighted by atomic mass is 10.1. The van der Waals surface area contributed by atoms with Crippen LogP contribution in [-0.4, -0.2) is 32.9 Å². The molecule has 1 fully saturated rings. The van der Waals surface area contributed by atoms with Crippen molar-refractivity contribution in [3.63, 3.8) is 0 Å². The number of carbonyl (C=O) groups excluding carboxylic acids is 2. The molecule has 3 rings (SSSR count). The van der Waals surface area contributed by atoms with Gasteiger partial charge in [0.05, 0.1) is 22.6 Å². The molecule has 1 saturated heterocycles. The van der Waals surface area contributed by atoms with Crippen molar-refractivity contribution in [2.75, 3.05) is 11.9 Å². The van der Waals surface area contributed by atoms with E-state index in [1.54, 1.807) is 0 Å². The summed E-state index contributed by atoms with van der Waals surface area (Å²) in [6.45, 7) is 0.121. The van der Waals surface area contributed by atoms with Crippen LogP contribution >= 0.6 is 0 Å². The van der Waals surface area contributed by atoms with Gasteiger partial charge in [0.1, 0.15) is 6.04 Å². The van der Waals surface area contributed by atoms with Gasteiger partial charge in [-0.3, -0.25) is 9.59 Å². The molecular formula is C18H15F3N2O5S. The summed E-state index contributed by atoms with van der Waals surface area (Å²) in [5, 5.41) is 2.30. The van der Waals surface area contributed by atoms with Crippen molar-refractivity contribution in [2.45, 2.75) is 23.5 Å². The van der Waals surface area contributed by atoms with E-state index in [0.29, 0.717) is 0 Å². The van der Waals surface area contributed by atoms with Gasteiger partial charge in [-0.2, -0.15) is 17.9 Å². The summed E-state index contributed by atoms with van der Waals surface area (Å²) in [5.41, 5.74) is -1.53. The first-order valence-electron chi connectivity index (χ1n) is 8.34. The van der Waals surface area contributed by atoms with Gasteiger partial charge in [0, 0.05) is 12.1 Å². The highest BCUT2D eigenvalue weighted by molar-refractivity contribution is 7.89. The summed E-state index contributed by atoms with van der Waals surface area (Å²) in [4.78, 5) is 23.5. The molecule has 1 aliphatic rings. The molecule has 0 aromatic heterocycles. The largest absolute Gasteiger partial charge is 0.464 e. The fourth-order valence-corrected chi connectivity index (χ4v) is 3.92. The average molecular weight is 428 g/mol. The quantitative estimate of drug-likeness (QED) is 0.713. The van der Waals surface area contributed by atoms with Gasteiger partial charge < -0.3 is 10.1 Å². The molecular weight excluding hydrogens is 413 g/mol. The van der Waals surface area contributed by atoms with Crippen LogP contribution in [0.3, 0.4) is 0 Å². The zero-order valence-electron chi connectivity index (χ0n) is 14.7. The molecule has 1 atom stereocenters. The van der Waals surface area contributed by atoms with Crippen LogP contribution in [0.1, 0.15) is 22.3 Å². The molecule has 1 heterocycles. The molecule has 0 radical (unpaired) electrons. The van der Waals surface area contributed by atoms with Crippen LogP contribution in [0.5, 0.6) is 0 Å². The van der Waals surface area contributed by atoms with Crippen molar-refractivity contribution in [3.05, 3.63) is 59.7 Å². The molecule has 0 saturated carbocycles. The van der Waals surface area contributed by atoms with E-state index in [-0.39, 0.29) is 23.6 Å². The number of halogens is 3. The number of sulfonamides is 1. The summed E-state index contributed by atoms with van der Waals surface area (Å²) in [5.74, 6) is -1.65. The molecule has 2 aromatic carbocycles. The molecule has 154 valence electrons. The zero-order chi connectivity index (χ0) is 21.2. The lowest BCUT2D eigenvalue weighted by Crippen LogP contribution is -2.37. The van der Waals surface area contributed by atoms with Gasteiger partial charge in [-0.1, -0.05) is 12.1 Å². The van der Waals surface area contributed by atoms with Crippen molar-refractivity contribution in [1.82, 2.24) is 4.72 Å². The van der Waals surface area contributed by atoms with Gasteiger partial charge in [0.2, 0.25) is 10.0 Å². The van der Waals surface area contributed by atoms with Crippen molar-refractivity contribution in [3.8, 4) is 0 Å². The van der Waals surface area contributed by atoms with Crippen LogP contribution < -0.4 is 10.0 Å². The van der Waals surface area contributed by atoms with Gasteiger partial charge in [-0.15, -0.1) is 0 Å². The zero-order valence-corrected chi connectivity index (χ0v) is 15.5. The Morgan fingerprint density at radius 1 is 1.07 bits per heavy atom. The monoisotopic (exact) mass is 428 g/mol. The van der Waals surface area contributed by atoms with Gasteiger partial charge >= 0.3 is 12.1 Å². The summed E-state index contributed by atoms with van der Waals surface area (Å²) < 4.78 is 70.7. The maximum Gasteiger partial charge on any atom is 0.417 e. The van der Waals surface area contributed by atoms with Crippen LogP contribution in [0.2, 0.25) is 0 Å². The Bertz CT molecular complexity index is 1040. The van der Waals surface area contributed by atoms with E-state index < -0.39 is 45.2 Å². The highest BCUT2D eigenvalue weighted by Gasteiger charge is 2.35. The number of ether oxygens (including phenoxy) is 1. The van der Waals surface area contributed by atoms with E-state index in [2.05, 4.69) is 10.0 Å². The highest BCUT2D eigenvalue weighted by atomic mass is 32.2. The second kappa shape index (κ2) is 7.84. The number of esters is 1. The van der Waals surface area contributed by atoms with E-state index in [0.717, 1.165) is 24.3 Å². The van der Waals surface area contributed by atoms with Gasteiger partial charge in [-0.25, -0.2) is 8.42 Å². The fourth-order valence-electron chi connectivity index (χ4n) is 2.70. The molecule has 7 nitrogen and oxygen atoms in total. The van der Waals surface area contributed by atoms with E-state index in [1.165, 1.54) is 24.3 Å². The number of rotatable bonds is 5. The van der Waals surface area contributed by atoms with Crippen LogP contribution in [0, 0.1) is 0 Å². The van der Waals surface area contributed by atoms with Crippen molar-refractivity contribution in [2.24, 2.45) is 0 Å². The second-order valence-electron chi connectivity index (χ2n) is 6.15. The molecule has 1 amide bonds. The minimum atomic E-state index is -4.70. The Morgan fingerprint density at radius 2 is 1.72 bits per heavy atom. The number of nitrogens with one attached hydrogen (secondary N) is 2. The third-order valence-electron chi connectivity index (χ3n) is 4.13. The Labute approximate surface area is 163 Å². The number of amides is 1. The van der Waals surface area contributed by atoms with E-state index in [9.17, 15) is 31.2 Å². The third-order valence-corrected chi connectivity index (χ3v) is 5.62. The van der Waals surface area contributed by atoms with Crippen molar-refractivity contribution < 1.29 is 35.9 Å². The minimum absolute atomic E-state index is 0.103. The number of benzene rings is 2. The Morgan fingerprint density at radius 3 is 2.31 bits per heavy atom. The van der Waals surface area contributed by atoms with Crippen LogP contribution in [-0.2, 0) is 25.7 Å². The number of hydrogen-bond donors (Lipinski definition) is 2. The Hall–Kier alpha value is -2.92. The van der Waals surface area contributed by atoms with E-state index in [1.807, 2.05) is 0 Å². The van der Waals surface area contributed by atoms with Crippen LogP contribution in [0.15, 0.2) is 53.4 Å². The Kier molecular flexibility index (Phi) is 5.62. The van der Waals surface area contributed by atoms with Crippen molar-refractivity contribution in [1.29, 1.82) is 0 Å². The highest BCUT2D eigenvalue weighted by Crippen LogP contribution is 2.32. The topological polar surface area (TPSA) is 102 Å². The molecule has 0 aliphatic carbocycles. The van der Waals surface area contributed by atoms with Crippen LogP contribution in [0.4, 0.5) is 18.9 Å². The first-order valence-corrected chi connectivity index (χ1v) is 9.83. The van der Waals surface area contributed by atoms with E-state index >= 15 is 0 Å². The molecule has 2 aromatic rings.